The van der Waals surface area contributed by atoms with Crippen LogP contribution in [-0.4, -0.2) is 35.8 Å². The summed E-state index contributed by atoms with van der Waals surface area (Å²) in [6.07, 6.45) is 0.714. The van der Waals surface area contributed by atoms with Gasteiger partial charge in [0.1, 0.15) is 12.1 Å². The van der Waals surface area contributed by atoms with Crippen LogP contribution in [0.2, 0.25) is 5.02 Å². The van der Waals surface area contributed by atoms with E-state index in [9.17, 15) is 14.4 Å². The van der Waals surface area contributed by atoms with E-state index in [1.165, 1.54) is 0 Å². The van der Waals surface area contributed by atoms with E-state index in [0.717, 1.165) is 9.78 Å². The van der Waals surface area contributed by atoms with Crippen molar-refractivity contribution in [3.63, 3.8) is 0 Å². The molecule has 2 N–H and O–H groups in total. The number of halogens is 1. The van der Waals surface area contributed by atoms with E-state index in [-0.39, 0.29) is 12.5 Å². The van der Waals surface area contributed by atoms with Gasteiger partial charge >= 0.3 is 6.03 Å². The summed E-state index contributed by atoms with van der Waals surface area (Å²) in [5, 5.41) is 7.92. The molecule has 1 aromatic carbocycles. The van der Waals surface area contributed by atoms with Crippen LogP contribution in [0.5, 0.6) is 0 Å². The zero-order valence-electron chi connectivity index (χ0n) is 14.1. The number of thiophene rings is 1. The lowest BCUT2D eigenvalue weighted by atomic mass is 9.92. The van der Waals surface area contributed by atoms with Crippen LogP contribution >= 0.6 is 22.9 Å². The molecule has 1 atom stereocenters. The van der Waals surface area contributed by atoms with Crippen molar-refractivity contribution in [2.24, 2.45) is 0 Å². The number of hydrogen-bond acceptors (Lipinski definition) is 4. The number of benzene rings is 1. The van der Waals surface area contributed by atoms with E-state index in [1.807, 2.05) is 17.5 Å². The highest BCUT2D eigenvalue weighted by Crippen LogP contribution is 2.29. The Morgan fingerprint density at radius 1 is 1.27 bits per heavy atom. The second kappa shape index (κ2) is 7.47. The van der Waals surface area contributed by atoms with Crippen LogP contribution in [0.25, 0.3) is 0 Å². The fourth-order valence-corrected chi connectivity index (χ4v) is 3.63. The summed E-state index contributed by atoms with van der Waals surface area (Å²) in [4.78, 5) is 39.2. The Balaban J connectivity index is 1.61. The van der Waals surface area contributed by atoms with Crippen molar-refractivity contribution in [1.82, 2.24) is 15.5 Å². The second-order valence-corrected chi connectivity index (χ2v) is 7.60. The Kier molecular flexibility index (Phi) is 5.29. The monoisotopic (exact) mass is 391 g/mol. The van der Waals surface area contributed by atoms with Gasteiger partial charge in [-0.05, 0) is 42.5 Å². The first-order valence-corrected chi connectivity index (χ1v) is 9.35. The van der Waals surface area contributed by atoms with Crippen molar-refractivity contribution in [1.29, 1.82) is 0 Å². The molecule has 0 unspecified atom stereocenters. The highest BCUT2D eigenvalue weighted by Gasteiger charge is 2.49. The topological polar surface area (TPSA) is 78.5 Å². The molecule has 4 amide bonds. The summed E-state index contributed by atoms with van der Waals surface area (Å²) in [5.41, 5.74) is -0.598. The summed E-state index contributed by atoms with van der Waals surface area (Å²) < 4.78 is 0. The van der Waals surface area contributed by atoms with Crippen molar-refractivity contribution in [2.45, 2.75) is 18.9 Å². The van der Waals surface area contributed by atoms with E-state index >= 15 is 0 Å². The highest BCUT2D eigenvalue weighted by atomic mass is 35.5. The number of amides is 4. The molecule has 2 aromatic rings. The average molecular weight is 392 g/mol. The largest absolute Gasteiger partial charge is 0.354 e. The summed E-state index contributed by atoms with van der Waals surface area (Å²) in [6.45, 7) is 1.76. The predicted octanol–water partition coefficient (Wildman–Crippen LogP) is 2.53. The fraction of sp³-hybridized carbons (Fsp3) is 0.278. The molecule has 1 saturated heterocycles. The Morgan fingerprint density at radius 2 is 2.00 bits per heavy atom. The van der Waals surface area contributed by atoms with Crippen LogP contribution in [0.3, 0.4) is 0 Å². The van der Waals surface area contributed by atoms with Gasteiger partial charge in [0, 0.05) is 16.4 Å². The van der Waals surface area contributed by atoms with Gasteiger partial charge in [0.05, 0.1) is 0 Å². The normalized spacial score (nSPS) is 19.5. The molecular formula is C18H18ClN3O3S. The molecule has 1 fully saturated rings. The number of nitrogens with zero attached hydrogens (tertiary/aromatic N) is 1. The number of urea groups is 1. The molecule has 1 aromatic heterocycles. The second-order valence-electron chi connectivity index (χ2n) is 6.13. The summed E-state index contributed by atoms with van der Waals surface area (Å²) in [5.74, 6) is -0.830. The van der Waals surface area contributed by atoms with Gasteiger partial charge in [-0.25, -0.2) is 4.79 Å². The molecule has 1 aliphatic rings. The minimum Gasteiger partial charge on any atom is -0.354 e. The smallest absolute Gasteiger partial charge is 0.325 e. The van der Waals surface area contributed by atoms with Crippen molar-refractivity contribution >= 4 is 40.8 Å². The predicted molar refractivity (Wildman–Crippen MR) is 100 cm³/mol. The van der Waals surface area contributed by atoms with Crippen molar-refractivity contribution in [2.75, 3.05) is 13.1 Å². The van der Waals surface area contributed by atoms with Crippen molar-refractivity contribution in [3.05, 3.63) is 57.2 Å². The minimum absolute atomic E-state index is 0.307. The minimum atomic E-state index is -1.21. The molecule has 2 heterocycles. The number of carbonyl (C=O) groups is 3. The molecule has 6 nitrogen and oxygen atoms in total. The van der Waals surface area contributed by atoms with Gasteiger partial charge in [-0.2, -0.15) is 0 Å². The molecule has 8 heteroatoms. The molecule has 3 rings (SSSR count). The third-order valence-corrected chi connectivity index (χ3v) is 5.46. The maximum absolute atomic E-state index is 12.8. The first-order valence-electron chi connectivity index (χ1n) is 8.09. The summed E-state index contributed by atoms with van der Waals surface area (Å²) >= 11 is 7.49. The molecule has 0 saturated carbocycles. The van der Waals surface area contributed by atoms with Gasteiger partial charge in [-0.3, -0.25) is 14.5 Å². The Morgan fingerprint density at radius 3 is 2.65 bits per heavy atom. The van der Waals surface area contributed by atoms with E-state index in [0.29, 0.717) is 23.6 Å². The standard InChI is InChI=1S/C18H18ClN3O3S/c1-18(12-4-6-13(19)7-5-12)16(24)22(17(25)21-18)11-15(23)20-9-8-14-3-2-10-26-14/h2-7,10H,8-9,11H2,1H3,(H,20,23)(H,21,25)/t18-/m0/s1. The van der Waals surface area contributed by atoms with Gasteiger partial charge in [-0.15, -0.1) is 11.3 Å². The van der Waals surface area contributed by atoms with E-state index < -0.39 is 17.5 Å². The van der Waals surface area contributed by atoms with Crippen LogP contribution in [0, 0.1) is 0 Å². The summed E-state index contributed by atoms with van der Waals surface area (Å²) in [6, 6.07) is 10.0. The molecule has 1 aliphatic heterocycles. The van der Waals surface area contributed by atoms with Gasteiger partial charge in [0.2, 0.25) is 5.91 Å². The molecule has 26 heavy (non-hydrogen) atoms. The Hall–Kier alpha value is -2.38. The van der Waals surface area contributed by atoms with E-state index in [1.54, 1.807) is 42.5 Å². The zero-order chi connectivity index (χ0) is 18.7. The van der Waals surface area contributed by atoms with E-state index in [4.69, 9.17) is 11.6 Å². The number of imide groups is 1. The fourth-order valence-electron chi connectivity index (χ4n) is 2.80. The lowest BCUT2D eigenvalue weighted by Crippen LogP contribution is -2.43. The molecule has 0 radical (unpaired) electrons. The van der Waals surface area contributed by atoms with Gasteiger partial charge in [0.25, 0.3) is 5.91 Å². The Bertz CT molecular complexity index is 823. The number of carbonyl (C=O) groups excluding carboxylic acids is 3. The van der Waals surface area contributed by atoms with Crippen LogP contribution < -0.4 is 10.6 Å². The zero-order valence-corrected chi connectivity index (χ0v) is 15.7. The molecule has 0 spiro atoms. The maximum atomic E-state index is 12.8. The first kappa shape index (κ1) is 18.4. The first-order chi connectivity index (χ1) is 12.4. The van der Waals surface area contributed by atoms with Gasteiger partial charge < -0.3 is 10.6 Å². The number of rotatable bonds is 6. The van der Waals surface area contributed by atoms with Crippen LogP contribution in [0.4, 0.5) is 4.79 Å². The lowest BCUT2D eigenvalue weighted by molar-refractivity contribution is -0.134. The van der Waals surface area contributed by atoms with Crippen LogP contribution in [0.15, 0.2) is 41.8 Å². The van der Waals surface area contributed by atoms with Crippen LogP contribution in [-0.2, 0) is 21.5 Å². The SMILES string of the molecule is C[C@@]1(c2ccc(Cl)cc2)NC(=O)N(CC(=O)NCCc2cccs2)C1=O. The lowest BCUT2D eigenvalue weighted by Gasteiger charge is -2.22. The van der Waals surface area contributed by atoms with Crippen LogP contribution in [0.1, 0.15) is 17.4 Å². The number of nitrogens with one attached hydrogen (secondary N) is 2. The Labute approximate surface area is 160 Å². The van der Waals surface area contributed by atoms with E-state index in [2.05, 4.69) is 10.6 Å². The third kappa shape index (κ3) is 3.73. The molecule has 136 valence electrons. The molecule has 0 bridgehead atoms. The third-order valence-electron chi connectivity index (χ3n) is 4.27. The maximum Gasteiger partial charge on any atom is 0.325 e. The highest BCUT2D eigenvalue weighted by molar-refractivity contribution is 7.09. The molecule has 0 aliphatic carbocycles. The van der Waals surface area contributed by atoms with Gasteiger partial charge in [0.15, 0.2) is 0 Å². The van der Waals surface area contributed by atoms with Crippen molar-refractivity contribution in [3.8, 4) is 0 Å². The quantitative estimate of drug-likeness (QED) is 0.743. The molecular weight excluding hydrogens is 374 g/mol. The number of hydrogen-bond donors (Lipinski definition) is 2. The van der Waals surface area contributed by atoms with Gasteiger partial charge in [-0.1, -0.05) is 29.8 Å². The van der Waals surface area contributed by atoms with Crippen molar-refractivity contribution < 1.29 is 14.4 Å². The summed E-state index contributed by atoms with van der Waals surface area (Å²) in [7, 11) is 0. The average Bonchev–Trinajstić information content (AvgIpc) is 3.19.